The van der Waals surface area contributed by atoms with Crippen LogP contribution in [0.5, 0.6) is 5.75 Å². The summed E-state index contributed by atoms with van der Waals surface area (Å²) in [6.07, 6.45) is 0. The van der Waals surface area contributed by atoms with Crippen LogP contribution in [0.25, 0.3) is 0 Å². The van der Waals surface area contributed by atoms with E-state index >= 15 is 0 Å². The molecule has 2 amide bonds. The lowest BCUT2D eigenvalue weighted by atomic mass is 10.2. The number of rotatable bonds is 8. The van der Waals surface area contributed by atoms with Gasteiger partial charge in [0.15, 0.2) is 0 Å². The number of carbonyl (C=O) groups excluding carboxylic acids is 2. The van der Waals surface area contributed by atoms with Crippen molar-refractivity contribution in [3.05, 3.63) is 60.7 Å². The number of amides is 2. The van der Waals surface area contributed by atoms with E-state index in [1.165, 1.54) is 6.92 Å². The Morgan fingerprint density at radius 2 is 1.58 bits per heavy atom. The van der Waals surface area contributed by atoms with E-state index in [9.17, 15) is 9.59 Å². The van der Waals surface area contributed by atoms with Crippen molar-refractivity contribution in [2.75, 3.05) is 29.1 Å². The lowest BCUT2D eigenvalue weighted by molar-refractivity contribution is -0.115. The summed E-state index contributed by atoms with van der Waals surface area (Å²) in [5.74, 6) is 0.341. The Balaban J connectivity index is 1.89. The highest BCUT2D eigenvalue weighted by Crippen LogP contribution is 2.24. The van der Waals surface area contributed by atoms with Gasteiger partial charge in [0.1, 0.15) is 12.4 Å². The highest BCUT2D eigenvalue weighted by molar-refractivity contribution is 5.94. The molecule has 3 N–H and O–H groups in total. The third kappa shape index (κ3) is 6.32. The molecule has 0 unspecified atom stereocenters. The largest absolute Gasteiger partial charge is 0.487 e. The molecular formula is C20H23N3O3. The number of ether oxygens (including phenoxy) is 1. The molecule has 0 heterocycles. The van der Waals surface area contributed by atoms with Gasteiger partial charge in [-0.1, -0.05) is 18.7 Å². The maximum absolute atomic E-state index is 12.1. The predicted molar refractivity (Wildman–Crippen MR) is 105 cm³/mol. The summed E-state index contributed by atoms with van der Waals surface area (Å²) < 4.78 is 5.67. The van der Waals surface area contributed by atoms with Gasteiger partial charge in [0.2, 0.25) is 11.8 Å². The Labute approximate surface area is 153 Å². The highest BCUT2D eigenvalue weighted by atomic mass is 16.5. The van der Waals surface area contributed by atoms with E-state index in [2.05, 4.69) is 22.5 Å². The number of para-hydroxylation sites is 2. The second-order valence-electron chi connectivity index (χ2n) is 5.90. The monoisotopic (exact) mass is 353 g/mol. The van der Waals surface area contributed by atoms with Crippen LogP contribution in [0, 0.1) is 0 Å². The summed E-state index contributed by atoms with van der Waals surface area (Å²) in [7, 11) is 0. The van der Waals surface area contributed by atoms with Crippen LogP contribution in [0.3, 0.4) is 0 Å². The van der Waals surface area contributed by atoms with Gasteiger partial charge < -0.3 is 20.7 Å². The van der Waals surface area contributed by atoms with Gasteiger partial charge in [-0.25, -0.2) is 0 Å². The van der Waals surface area contributed by atoms with E-state index in [-0.39, 0.29) is 18.4 Å². The van der Waals surface area contributed by atoms with Crippen LogP contribution in [0.2, 0.25) is 0 Å². The van der Waals surface area contributed by atoms with Gasteiger partial charge >= 0.3 is 0 Å². The van der Waals surface area contributed by atoms with Gasteiger partial charge in [0, 0.05) is 18.3 Å². The zero-order valence-electron chi connectivity index (χ0n) is 15.0. The van der Waals surface area contributed by atoms with E-state index in [4.69, 9.17) is 4.74 Å². The summed E-state index contributed by atoms with van der Waals surface area (Å²) >= 11 is 0. The smallest absolute Gasteiger partial charge is 0.243 e. The minimum atomic E-state index is -0.188. The van der Waals surface area contributed by atoms with Crippen molar-refractivity contribution in [1.82, 2.24) is 0 Å². The average molecular weight is 353 g/mol. The molecule has 2 aromatic carbocycles. The second kappa shape index (κ2) is 9.27. The summed E-state index contributed by atoms with van der Waals surface area (Å²) in [4.78, 5) is 23.1. The molecule has 0 saturated heterocycles. The molecule has 0 aliphatic heterocycles. The Bertz CT molecular complexity index is 785. The SMILES string of the molecule is C=C(C)COc1ccccc1NCC(=O)Nc1ccc(NC(C)=O)cc1. The first kappa shape index (κ1) is 19.1. The van der Waals surface area contributed by atoms with Crippen molar-refractivity contribution < 1.29 is 14.3 Å². The number of nitrogens with one attached hydrogen (secondary N) is 3. The zero-order chi connectivity index (χ0) is 18.9. The van der Waals surface area contributed by atoms with Crippen LogP contribution in [-0.2, 0) is 9.59 Å². The topological polar surface area (TPSA) is 79.5 Å². The molecule has 2 rings (SSSR count). The summed E-state index contributed by atoms with van der Waals surface area (Å²) in [6.45, 7) is 7.66. The van der Waals surface area contributed by atoms with E-state index in [0.717, 1.165) is 11.3 Å². The lowest BCUT2D eigenvalue weighted by Gasteiger charge is -2.13. The molecule has 6 heteroatoms. The van der Waals surface area contributed by atoms with Gasteiger partial charge in [-0.15, -0.1) is 0 Å². The average Bonchev–Trinajstić information content (AvgIpc) is 2.60. The van der Waals surface area contributed by atoms with Crippen LogP contribution in [0.15, 0.2) is 60.7 Å². The molecule has 0 spiro atoms. The standard InChI is InChI=1S/C20H23N3O3/c1-14(2)13-26-19-7-5-4-6-18(19)21-12-20(25)23-17-10-8-16(9-11-17)22-15(3)24/h4-11,21H,1,12-13H2,2-3H3,(H,22,24)(H,23,25). The van der Waals surface area contributed by atoms with Crippen molar-refractivity contribution in [2.24, 2.45) is 0 Å². The van der Waals surface area contributed by atoms with Crippen LogP contribution >= 0.6 is 0 Å². The molecular weight excluding hydrogens is 330 g/mol. The van der Waals surface area contributed by atoms with Crippen molar-refractivity contribution >= 4 is 28.9 Å². The minimum Gasteiger partial charge on any atom is -0.487 e. The fourth-order valence-electron chi connectivity index (χ4n) is 2.16. The molecule has 0 radical (unpaired) electrons. The van der Waals surface area contributed by atoms with Crippen LogP contribution in [0.4, 0.5) is 17.1 Å². The number of anilines is 3. The first-order chi connectivity index (χ1) is 12.4. The molecule has 0 fully saturated rings. The number of carbonyl (C=O) groups is 2. The lowest BCUT2D eigenvalue weighted by Crippen LogP contribution is -2.22. The van der Waals surface area contributed by atoms with Gasteiger partial charge in [0.05, 0.1) is 12.2 Å². The fraction of sp³-hybridized carbons (Fsp3) is 0.200. The molecule has 0 bridgehead atoms. The molecule has 0 saturated carbocycles. The molecule has 26 heavy (non-hydrogen) atoms. The summed E-state index contributed by atoms with van der Waals surface area (Å²) in [6, 6.07) is 14.3. The first-order valence-corrected chi connectivity index (χ1v) is 8.21. The molecule has 0 aromatic heterocycles. The first-order valence-electron chi connectivity index (χ1n) is 8.21. The minimum absolute atomic E-state index is 0.0981. The highest BCUT2D eigenvalue weighted by Gasteiger charge is 2.06. The van der Waals surface area contributed by atoms with E-state index in [1.807, 2.05) is 31.2 Å². The summed E-state index contributed by atoms with van der Waals surface area (Å²) in [5, 5.41) is 8.54. The Hall–Kier alpha value is -3.28. The number of hydrogen-bond acceptors (Lipinski definition) is 4. The maximum atomic E-state index is 12.1. The third-order valence-corrected chi connectivity index (χ3v) is 3.29. The van der Waals surface area contributed by atoms with Gasteiger partial charge in [0.25, 0.3) is 0 Å². The fourth-order valence-corrected chi connectivity index (χ4v) is 2.16. The van der Waals surface area contributed by atoms with Crippen molar-refractivity contribution in [1.29, 1.82) is 0 Å². The van der Waals surface area contributed by atoms with Gasteiger partial charge in [-0.3, -0.25) is 9.59 Å². The van der Waals surface area contributed by atoms with E-state index in [1.54, 1.807) is 24.3 Å². The van der Waals surface area contributed by atoms with Crippen molar-refractivity contribution in [3.8, 4) is 5.75 Å². The van der Waals surface area contributed by atoms with E-state index < -0.39 is 0 Å². The van der Waals surface area contributed by atoms with Crippen LogP contribution < -0.4 is 20.7 Å². The molecule has 0 atom stereocenters. The van der Waals surface area contributed by atoms with Gasteiger partial charge in [-0.2, -0.15) is 0 Å². The molecule has 2 aromatic rings. The van der Waals surface area contributed by atoms with Crippen molar-refractivity contribution in [2.45, 2.75) is 13.8 Å². The predicted octanol–water partition coefficient (Wildman–Crippen LogP) is 3.65. The Morgan fingerprint density at radius 3 is 2.19 bits per heavy atom. The van der Waals surface area contributed by atoms with Crippen molar-refractivity contribution in [3.63, 3.8) is 0 Å². The zero-order valence-corrected chi connectivity index (χ0v) is 15.0. The van der Waals surface area contributed by atoms with E-state index in [0.29, 0.717) is 23.7 Å². The van der Waals surface area contributed by atoms with Crippen LogP contribution in [-0.4, -0.2) is 25.0 Å². The number of benzene rings is 2. The third-order valence-electron chi connectivity index (χ3n) is 3.29. The Kier molecular flexibility index (Phi) is 6.79. The van der Waals surface area contributed by atoms with Crippen LogP contribution in [0.1, 0.15) is 13.8 Å². The number of hydrogen-bond donors (Lipinski definition) is 3. The molecule has 0 aliphatic carbocycles. The molecule has 6 nitrogen and oxygen atoms in total. The quantitative estimate of drug-likeness (QED) is 0.633. The maximum Gasteiger partial charge on any atom is 0.243 e. The molecule has 136 valence electrons. The normalized spacial score (nSPS) is 9.92. The summed E-state index contributed by atoms with van der Waals surface area (Å²) in [5.41, 5.74) is 2.99. The second-order valence-corrected chi connectivity index (χ2v) is 5.90. The van der Waals surface area contributed by atoms with Gasteiger partial charge in [-0.05, 0) is 48.9 Å². The molecule has 0 aliphatic rings. The Morgan fingerprint density at radius 1 is 0.962 bits per heavy atom.